The van der Waals surface area contributed by atoms with Gasteiger partial charge in [-0.1, -0.05) is 18.5 Å². The van der Waals surface area contributed by atoms with Gasteiger partial charge < -0.3 is 14.4 Å². The molecule has 2 atom stereocenters. The molecule has 1 N–H and O–H groups in total. The van der Waals surface area contributed by atoms with Crippen LogP contribution in [0.2, 0.25) is 0 Å². The first kappa shape index (κ1) is 15.2. The van der Waals surface area contributed by atoms with E-state index >= 15 is 0 Å². The molecule has 0 saturated carbocycles. The maximum Gasteiger partial charge on any atom is 0.243 e. The van der Waals surface area contributed by atoms with Gasteiger partial charge in [0.1, 0.15) is 5.82 Å². The van der Waals surface area contributed by atoms with E-state index in [0.717, 1.165) is 38.2 Å². The van der Waals surface area contributed by atoms with Gasteiger partial charge in [-0.2, -0.15) is 4.98 Å². The van der Waals surface area contributed by atoms with Gasteiger partial charge in [0.15, 0.2) is 5.82 Å². The van der Waals surface area contributed by atoms with Crippen molar-refractivity contribution in [3.8, 4) is 0 Å². The van der Waals surface area contributed by atoms with Crippen molar-refractivity contribution in [1.29, 1.82) is 0 Å². The third kappa shape index (κ3) is 3.38. The summed E-state index contributed by atoms with van der Waals surface area (Å²) in [7, 11) is 0. The molecule has 1 aliphatic rings. The fourth-order valence-electron chi connectivity index (χ4n) is 2.99. The number of nitrogens with one attached hydrogen (secondary N) is 1. The standard InChI is InChI=1S/C16H25N5O/c1-3-4-7-14-19-16(22-20-14)12(2)18-11-13-6-5-9-21-10-8-17-15(13)21/h8,10,12-13,18H,3-7,9,11H2,1-2H3/t12-,13-/m0/s1. The second-order valence-corrected chi connectivity index (χ2v) is 6.10. The first-order chi connectivity index (χ1) is 10.8. The van der Waals surface area contributed by atoms with Crippen molar-refractivity contribution < 1.29 is 4.52 Å². The topological polar surface area (TPSA) is 68.8 Å². The summed E-state index contributed by atoms with van der Waals surface area (Å²) in [6, 6.07) is 0.0771. The zero-order valence-electron chi connectivity index (χ0n) is 13.5. The summed E-state index contributed by atoms with van der Waals surface area (Å²) in [4.78, 5) is 8.98. The van der Waals surface area contributed by atoms with E-state index in [1.54, 1.807) is 0 Å². The lowest BCUT2D eigenvalue weighted by molar-refractivity contribution is 0.325. The highest BCUT2D eigenvalue weighted by atomic mass is 16.5. The molecule has 3 heterocycles. The second-order valence-electron chi connectivity index (χ2n) is 6.10. The molecule has 0 bridgehead atoms. The van der Waals surface area contributed by atoms with Crippen LogP contribution >= 0.6 is 0 Å². The first-order valence-electron chi connectivity index (χ1n) is 8.34. The molecule has 6 nitrogen and oxygen atoms in total. The summed E-state index contributed by atoms with van der Waals surface area (Å²) >= 11 is 0. The Balaban J connectivity index is 1.54. The van der Waals surface area contributed by atoms with E-state index < -0.39 is 0 Å². The summed E-state index contributed by atoms with van der Waals surface area (Å²) in [5.74, 6) is 3.16. The van der Waals surface area contributed by atoms with Crippen LogP contribution in [0.5, 0.6) is 0 Å². The first-order valence-corrected chi connectivity index (χ1v) is 8.34. The average molecular weight is 303 g/mol. The molecule has 0 aromatic carbocycles. The predicted octanol–water partition coefficient (Wildman–Crippen LogP) is 2.84. The number of rotatable bonds is 7. The number of hydrogen-bond donors (Lipinski definition) is 1. The van der Waals surface area contributed by atoms with Crippen LogP contribution in [0, 0.1) is 0 Å². The third-order valence-corrected chi connectivity index (χ3v) is 4.34. The van der Waals surface area contributed by atoms with Gasteiger partial charge in [-0.3, -0.25) is 0 Å². The van der Waals surface area contributed by atoms with E-state index in [1.165, 1.54) is 18.7 Å². The van der Waals surface area contributed by atoms with Crippen LogP contribution in [0.25, 0.3) is 0 Å². The molecule has 2 aromatic heterocycles. The Labute approximate surface area is 131 Å². The van der Waals surface area contributed by atoms with E-state index in [9.17, 15) is 0 Å². The Morgan fingerprint density at radius 2 is 2.41 bits per heavy atom. The maximum absolute atomic E-state index is 5.37. The van der Waals surface area contributed by atoms with E-state index in [-0.39, 0.29) is 6.04 Å². The van der Waals surface area contributed by atoms with Crippen LogP contribution in [-0.4, -0.2) is 26.2 Å². The lowest BCUT2D eigenvalue weighted by Gasteiger charge is -2.24. The molecular weight excluding hydrogens is 278 g/mol. The summed E-state index contributed by atoms with van der Waals surface area (Å²) in [5, 5.41) is 7.57. The van der Waals surface area contributed by atoms with E-state index in [4.69, 9.17) is 4.52 Å². The van der Waals surface area contributed by atoms with Crippen LogP contribution in [-0.2, 0) is 13.0 Å². The van der Waals surface area contributed by atoms with Crippen molar-refractivity contribution in [3.05, 3.63) is 29.9 Å². The SMILES string of the molecule is CCCCc1noc([C@H](C)NC[C@@H]2CCCn3ccnc32)n1. The molecule has 120 valence electrons. The number of aryl methyl sites for hydroxylation is 2. The molecule has 0 fully saturated rings. The molecule has 3 rings (SSSR count). The van der Waals surface area contributed by atoms with Crippen molar-refractivity contribution in [2.45, 2.75) is 64.5 Å². The molecule has 0 spiro atoms. The highest BCUT2D eigenvalue weighted by Gasteiger charge is 2.23. The lowest BCUT2D eigenvalue weighted by Crippen LogP contribution is -2.28. The van der Waals surface area contributed by atoms with Gasteiger partial charge in [-0.15, -0.1) is 0 Å². The van der Waals surface area contributed by atoms with Crippen molar-refractivity contribution in [2.75, 3.05) is 6.54 Å². The normalized spacial score (nSPS) is 19.1. The zero-order valence-corrected chi connectivity index (χ0v) is 13.5. The molecule has 2 aromatic rings. The van der Waals surface area contributed by atoms with Gasteiger partial charge in [0, 0.05) is 37.8 Å². The van der Waals surface area contributed by atoms with Gasteiger partial charge >= 0.3 is 0 Å². The Kier molecular flexibility index (Phi) is 4.87. The van der Waals surface area contributed by atoms with Gasteiger partial charge in [0.05, 0.1) is 6.04 Å². The molecule has 22 heavy (non-hydrogen) atoms. The number of fused-ring (bicyclic) bond motifs is 1. The predicted molar refractivity (Wildman–Crippen MR) is 83.5 cm³/mol. The molecule has 0 radical (unpaired) electrons. The fraction of sp³-hybridized carbons (Fsp3) is 0.688. The van der Waals surface area contributed by atoms with Crippen molar-refractivity contribution >= 4 is 0 Å². The van der Waals surface area contributed by atoms with Gasteiger partial charge in [-0.25, -0.2) is 4.98 Å². The van der Waals surface area contributed by atoms with E-state index in [1.807, 2.05) is 6.20 Å². The number of hydrogen-bond acceptors (Lipinski definition) is 5. The van der Waals surface area contributed by atoms with Crippen molar-refractivity contribution in [2.24, 2.45) is 0 Å². The van der Waals surface area contributed by atoms with Gasteiger partial charge in [-0.05, 0) is 26.2 Å². The van der Waals surface area contributed by atoms with Crippen LogP contribution in [0.1, 0.15) is 69.0 Å². The van der Waals surface area contributed by atoms with Crippen LogP contribution in [0.4, 0.5) is 0 Å². The van der Waals surface area contributed by atoms with Gasteiger partial charge in [0.2, 0.25) is 5.89 Å². The van der Waals surface area contributed by atoms with Crippen LogP contribution < -0.4 is 5.32 Å². The van der Waals surface area contributed by atoms with Crippen LogP contribution in [0.15, 0.2) is 16.9 Å². The van der Waals surface area contributed by atoms with Crippen molar-refractivity contribution in [3.63, 3.8) is 0 Å². The Morgan fingerprint density at radius 3 is 3.27 bits per heavy atom. The summed E-state index contributed by atoms with van der Waals surface area (Å²) < 4.78 is 7.63. The lowest BCUT2D eigenvalue weighted by atomic mass is 9.98. The Morgan fingerprint density at radius 1 is 1.50 bits per heavy atom. The smallest absolute Gasteiger partial charge is 0.243 e. The molecular formula is C16H25N5O. The zero-order chi connectivity index (χ0) is 15.4. The van der Waals surface area contributed by atoms with E-state index in [2.05, 4.69) is 45.1 Å². The summed E-state index contributed by atoms with van der Waals surface area (Å²) in [5.41, 5.74) is 0. The number of imidazole rings is 1. The molecule has 0 aliphatic carbocycles. The molecule has 0 saturated heterocycles. The minimum absolute atomic E-state index is 0.0771. The number of nitrogens with zero attached hydrogens (tertiary/aromatic N) is 4. The van der Waals surface area contributed by atoms with E-state index in [0.29, 0.717) is 11.8 Å². The quantitative estimate of drug-likeness (QED) is 0.852. The Hall–Kier alpha value is -1.69. The van der Waals surface area contributed by atoms with Crippen LogP contribution in [0.3, 0.4) is 0 Å². The number of aromatic nitrogens is 4. The second kappa shape index (κ2) is 7.05. The molecule has 1 aliphatic heterocycles. The summed E-state index contributed by atoms with van der Waals surface area (Å²) in [6.07, 6.45) is 9.51. The molecule has 0 amide bonds. The summed E-state index contributed by atoms with van der Waals surface area (Å²) in [6.45, 7) is 6.22. The monoisotopic (exact) mass is 303 g/mol. The minimum Gasteiger partial charge on any atom is -0.338 e. The highest BCUT2D eigenvalue weighted by Crippen LogP contribution is 2.25. The third-order valence-electron chi connectivity index (χ3n) is 4.34. The van der Waals surface area contributed by atoms with Gasteiger partial charge in [0.25, 0.3) is 0 Å². The number of unbranched alkanes of at least 4 members (excludes halogenated alkanes) is 1. The highest BCUT2D eigenvalue weighted by molar-refractivity contribution is 5.04. The maximum atomic E-state index is 5.37. The average Bonchev–Trinajstić information content (AvgIpc) is 3.19. The van der Waals surface area contributed by atoms with Crippen molar-refractivity contribution in [1.82, 2.24) is 25.0 Å². The molecule has 6 heteroatoms. The fourth-order valence-corrected chi connectivity index (χ4v) is 2.99. The molecule has 0 unspecified atom stereocenters. The largest absolute Gasteiger partial charge is 0.338 e. The minimum atomic E-state index is 0.0771. The Bertz CT molecular complexity index is 591.